The molecular weight excluding hydrogens is 351 g/mol. The molecule has 4 nitrogen and oxygen atoms in total. The number of ether oxygens (including phenoxy) is 1. The molecule has 0 heterocycles. The molecule has 1 atom stereocenters. The van der Waals surface area contributed by atoms with E-state index in [2.05, 4.69) is 0 Å². The zero-order valence-corrected chi connectivity index (χ0v) is 13.7. The first-order chi connectivity index (χ1) is 14.1. The number of hydrogen-bond acceptors (Lipinski definition) is 3. The topological polar surface area (TPSA) is 66.8 Å². The molecule has 128 valence electrons. The fourth-order valence-electron chi connectivity index (χ4n) is 2.08. The van der Waals surface area contributed by atoms with Crippen LogP contribution < -0.4 is 4.74 Å². The molecule has 0 aromatic heterocycles. The zero-order valence-electron chi connectivity index (χ0n) is 19.2. The summed E-state index contributed by atoms with van der Waals surface area (Å²) in [5.41, 5.74) is -0.259. The zero-order chi connectivity index (χ0) is 23.8. The lowest BCUT2D eigenvalue weighted by atomic mass is 9.95. The Labute approximate surface area is 160 Å². The van der Waals surface area contributed by atoms with E-state index in [9.17, 15) is 9.90 Å². The number of rotatable bonds is 6. The molecule has 0 aliphatic heterocycles. The molecule has 2 aromatic rings. The monoisotopic (exact) mass is 375 g/mol. The highest BCUT2D eigenvalue weighted by Crippen LogP contribution is 2.37. The summed E-state index contributed by atoms with van der Waals surface area (Å²) < 4.78 is 58.9. The highest BCUT2D eigenvalue weighted by molar-refractivity contribution is 6.36. The Bertz CT molecular complexity index is 939. The van der Waals surface area contributed by atoms with E-state index in [0.717, 1.165) is 6.07 Å². The number of aliphatic carboxylic acids is 1. The standard InChI is InChI=1S/C18H18Cl2O4/c1-10(2)11-4-3-5-12(6-11)18(23)17-14(19)7-13(8-15(17)20)24-9-16(21)22/h3-8,10,18,23H,9H2,1-2H3,(H,21,22)/i1D3,2D3,10D. The van der Waals surface area contributed by atoms with Gasteiger partial charge in [-0.3, -0.25) is 0 Å². The fourth-order valence-corrected chi connectivity index (χ4v) is 2.76. The summed E-state index contributed by atoms with van der Waals surface area (Å²) in [6.45, 7) is -6.99. The van der Waals surface area contributed by atoms with Crippen molar-refractivity contribution in [2.45, 2.75) is 25.7 Å². The van der Waals surface area contributed by atoms with Gasteiger partial charge in [-0.1, -0.05) is 61.2 Å². The van der Waals surface area contributed by atoms with Gasteiger partial charge in [0.05, 0.1) is 10.0 Å². The molecule has 2 aromatic carbocycles. The van der Waals surface area contributed by atoms with Gasteiger partial charge in [-0.05, 0) is 29.2 Å². The van der Waals surface area contributed by atoms with Crippen molar-refractivity contribution in [2.24, 2.45) is 0 Å². The third kappa shape index (κ3) is 4.41. The molecule has 0 aliphatic carbocycles. The molecule has 2 rings (SSSR count). The smallest absolute Gasteiger partial charge is 0.341 e. The van der Waals surface area contributed by atoms with Crippen molar-refractivity contribution in [3.05, 3.63) is 63.1 Å². The maximum absolute atomic E-state index is 10.8. The Morgan fingerprint density at radius 2 is 1.88 bits per heavy atom. The predicted octanol–water partition coefficient (Wildman–Crippen LogP) is 4.66. The largest absolute Gasteiger partial charge is 0.482 e. The average Bonchev–Trinajstić information content (AvgIpc) is 2.63. The molecule has 0 aliphatic rings. The first-order valence-electron chi connectivity index (χ1n) is 10.2. The Hall–Kier alpha value is -1.75. The SMILES string of the molecule is [2H]C([2H])([2H])C([2H])(c1cccc(C(O)c2c(Cl)cc(OCC(=O)O)cc2Cl)c1)C([2H])([2H])[2H]. The quantitative estimate of drug-likeness (QED) is 0.770. The van der Waals surface area contributed by atoms with E-state index in [1.165, 1.54) is 30.3 Å². The molecule has 0 radical (unpaired) electrons. The number of benzene rings is 2. The van der Waals surface area contributed by atoms with Crippen LogP contribution in [0.25, 0.3) is 0 Å². The molecule has 0 spiro atoms. The number of halogens is 2. The molecule has 6 heteroatoms. The molecule has 2 N–H and O–H groups in total. The first-order valence-corrected chi connectivity index (χ1v) is 7.47. The van der Waals surface area contributed by atoms with Crippen LogP contribution in [-0.2, 0) is 4.79 Å². The van der Waals surface area contributed by atoms with Crippen molar-refractivity contribution in [2.75, 3.05) is 6.61 Å². The van der Waals surface area contributed by atoms with Gasteiger partial charge in [0.1, 0.15) is 11.9 Å². The van der Waals surface area contributed by atoms with Crippen LogP contribution in [-0.4, -0.2) is 22.8 Å². The second-order valence-corrected chi connectivity index (χ2v) is 5.70. The first kappa shape index (κ1) is 11.0. The van der Waals surface area contributed by atoms with Crippen molar-refractivity contribution in [1.29, 1.82) is 0 Å². The van der Waals surface area contributed by atoms with Gasteiger partial charge in [0, 0.05) is 15.2 Å². The van der Waals surface area contributed by atoms with E-state index >= 15 is 0 Å². The van der Waals surface area contributed by atoms with Gasteiger partial charge in [0.2, 0.25) is 0 Å². The van der Waals surface area contributed by atoms with Gasteiger partial charge in [-0.15, -0.1) is 0 Å². The summed E-state index contributed by atoms with van der Waals surface area (Å²) in [5, 5.41) is 19.4. The Morgan fingerprint density at radius 3 is 2.46 bits per heavy atom. The molecule has 0 saturated heterocycles. The van der Waals surface area contributed by atoms with Gasteiger partial charge in [0.25, 0.3) is 0 Å². The minimum atomic E-state index is -3.18. The van der Waals surface area contributed by atoms with Crippen LogP contribution in [0, 0.1) is 0 Å². The Kier molecular flexibility index (Phi) is 3.61. The van der Waals surface area contributed by atoms with Crippen molar-refractivity contribution >= 4 is 29.2 Å². The van der Waals surface area contributed by atoms with Crippen molar-refractivity contribution < 1.29 is 29.3 Å². The van der Waals surface area contributed by atoms with Crippen LogP contribution in [0.4, 0.5) is 0 Å². The van der Waals surface area contributed by atoms with Crippen molar-refractivity contribution in [3.8, 4) is 5.75 Å². The number of carboxylic acids is 1. The van der Waals surface area contributed by atoms with Crippen LogP contribution in [0.3, 0.4) is 0 Å². The third-order valence-electron chi connectivity index (χ3n) is 3.18. The lowest BCUT2D eigenvalue weighted by Crippen LogP contribution is -2.10. The highest BCUT2D eigenvalue weighted by Gasteiger charge is 2.20. The normalized spacial score (nSPS) is 18.0. The summed E-state index contributed by atoms with van der Waals surface area (Å²) in [4.78, 5) is 10.6. The van der Waals surface area contributed by atoms with Crippen molar-refractivity contribution in [3.63, 3.8) is 0 Å². The summed E-state index contributed by atoms with van der Waals surface area (Å²) in [7, 11) is 0. The number of aliphatic hydroxyl groups excluding tert-OH is 1. The minimum Gasteiger partial charge on any atom is -0.482 e. The van der Waals surface area contributed by atoms with E-state index in [1.54, 1.807) is 0 Å². The molecule has 0 fully saturated rings. The maximum Gasteiger partial charge on any atom is 0.341 e. The van der Waals surface area contributed by atoms with Gasteiger partial charge >= 0.3 is 5.97 Å². The van der Waals surface area contributed by atoms with E-state index in [-0.39, 0.29) is 32.5 Å². The number of carbonyl (C=O) groups is 1. The molecule has 1 unspecified atom stereocenters. The Morgan fingerprint density at radius 1 is 1.25 bits per heavy atom. The molecule has 0 saturated carbocycles. The lowest BCUT2D eigenvalue weighted by Gasteiger charge is -2.17. The summed E-state index contributed by atoms with van der Waals surface area (Å²) >= 11 is 12.4. The second-order valence-electron chi connectivity index (χ2n) is 4.89. The number of carboxylic acid groups (broad SMARTS) is 1. The average molecular weight is 376 g/mol. The van der Waals surface area contributed by atoms with E-state index in [4.69, 9.17) is 42.6 Å². The molecule has 0 amide bonds. The predicted molar refractivity (Wildman–Crippen MR) is 94.2 cm³/mol. The van der Waals surface area contributed by atoms with Crippen LogP contribution in [0.2, 0.25) is 10.0 Å². The van der Waals surface area contributed by atoms with Crippen LogP contribution in [0.1, 0.15) is 52.0 Å². The van der Waals surface area contributed by atoms with Gasteiger partial charge in [-0.25, -0.2) is 4.79 Å². The van der Waals surface area contributed by atoms with Crippen molar-refractivity contribution in [1.82, 2.24) is 0 Å². The third-order valence-corrected chi connectivity index (χ3v) is 3.80. The highest BCUT2D eigenvalue weighted by atomic mass is 35.5. The number of hydrogen-bond donors (Lipinski definition) is 2. The minimum absolute atomic E-state index is 0.0153. The van der Waals surface area contributed by atoms with Gasteiger partial charge in [0.15, 0.2) is 6.61 Å². The molecular formula is C18H18Cl2O4. The van der Waals surface area contributed by atoms with E-state index in [0.29, 0.717) is 0 Å². The van der Waals surface area contributed by atoms with E-state index in [1.807, 2.05) is 0 Å². The molecule has 0 bridgehead atoms. The second kappa shape index (κ2) is 7.88. The van der Waals surface area contributed by atoms with E-state index < -0.39 is 38.3 Å². The van der Waals surface area contributed by atoms with Gasteiger partial charge < -0.3 is 14.9 Å². The fraction of sp³-hybridized carbons (Fsp3) is 0.278. The van der Waals surface area contributed by atoms with Gasteiger partial charge in [-0.2, -0.15) is 0 Å². The molecule has 24 heavy (non-hydrogen) atoms. The summed E-state index contributed by atoms with van der Waals surface area (Å²) in [5.74, 6) is -4.09. The Balaban J connectivity index is 2.51. The van der Waals surface area contributed by atoms with Crippen LogP contribution in [0.5, 0.6) is 5.75 Å². The summed E-state index contributed by atoms with van der Waals surface area (Å²) in [6, 6.07) is 7.51. The maximum atomic E-state index is 10.8. The summed E-state index contributed by atoms with van der Waals surface area (Å²) in [6.07, 6.45) is -1.49. The van der Waals surface area contributed by atoms with Crippen LogP contribution >= 0.6 is 23.2 Å². The lowest BCUT2D eigenvalue weighted by molar-refractivity contribution is -0.139. The number of aliphatic hydroxyl groups is 1. The van der Waals surface area contributed by atoms with Crippen LogP contribution in [0.15, 0.2) is 36.4 Å².